The maximum absolute atomic E-state index is 12.7. The topological polar surface area (TPSA) is 60.4 Å². The molecule has 0 atom stereocenters. The number of benzene rings is 2. The molecule has 0 radical (unpaired) electrons. The molecule has 0 aliphatic rings. The van der Waals surface area contributed by atoms with E-state index in [1.165, 1.54) is 10.9 Å². The van der Waals surface area contributed by atoms with Crippen LogP contribution in [0.3, 0.4) is 0 Å². The van der Waals surface area contributed by atoms with Crippen molar-refractivity contribution < 1.29 is 4.42 Å². The molecule has 0 unspecified atom stereocenters. The molecular weight excluding hydrogens is 430 g/mol. The highest BCUT2D eigenvalue weighted by molar-refractivity contribution is 9.10. The van der Waals surface area contributed by atoms with Gasteiger partial charge in [0, 0.05) is 15.1 Å². The van der Waals surface area contributed by atoms with E-state index >= 15 is 0 Å². The van der Waals surface area contributed by atoms with Crippen LogP contribution in [0.25, 0.3) is 22.2 Å². The first-order chi connectivity index (χ1) is 13.0. The van der Waals surface area contributed by atoms with Crippen LogP contribution in [0.2, 0.25) is 5.02 Å². The van der Waals surface area contributed by atoms with Gasteiger partial charge in [-0.2, -0.15) is 9.78 Å². The molecule has 0 saturated carbocycles. The van der Waals surface area contributed by atoms with E-state index in [1.807, 2.05) is 30.3 Å². The van der Waals surface area contributed by atoms with E-state index in [0.717, 1.165) is 10.0 Å². The Balaban J connectivity index is 1.70. The fourth-order valence-electron chi connectivity index (χ4n) is 2.73. The van der Waals surface area contributed by atoms with E-state index in [1.54, 1.807) is 31.2 Å². The average Bonchev–Trinajstić information content (AvgIpc) is 3.11. The number of rotatable bonds is 3. The molecule has 2 aromatic heterocycles. The minimum absolute atomic E-state index is 0.239. The second-order valence-corrected chi connectivity index (χ2v) is 7.25. The van der Waals surface area contributed by atoms with Gasteiger partial charge in [-0.1, -0.05) is 39.7 Å². The third-order valence-electron chi connectivity index (χ3n) is 4.01. The number of hydrogen-bond acceptors (Lipinski definition) is 4. The van der Waals surface area contributed by atoms with Gasteiger partial charge in [0.05, 0.1) is 17.1 Å². The van der Waals surface area contributed by atoms with Crippen molar-refractivity contribution in [2.75, 3.05) is 0 Å². The van der Waals surface area contributed by atoms with Gasteiger partial charge in [-0.3, -0.25) is 4.79 Å². The summed E-state index contributed by atoms with van der Waals surface area (Å²) in [7, 11) is 0. The van der Waals surface area contributed by atoms with E-state index < -0.39 is 0 Å². The molecule has 2 aromatic carbocycles. The molecule has 0 bridgehead atoms. The van der Waals surface area contributed by atoms with Gasteiger partial charge in [0.15, 0.2) is 0 Å². The summed E-state index contributed by atoms with van der Waals surface area (Å²) in [6.07, 6.45) is 1.49. The molecule has 5 nitrogen and oxygen atoms in total. The van der Waals surface area contributed by atoms with Crippen molar-refractivity contribution in [1.29, 1.82) is 0 Å². The molecule has 0 saturated heterocycles. The first kappa shape index (κ1) is 17.7. The predicted octanol–water partition coefficient (Wildman–Crippen LogP) is 5.26. The van der Waals surface area contributed by atoms with Crippen LogP contribution < -0.4 is 5.56 Å². The van der Waals surface area contributed by atoms with Crippen LogP contribution >= 0.6 is 27.5 Å². The maximum atomic E-state index is 12.7. The van der Waals surface area contributed by atoms with Crippen LogP contribution in [0, 0.1) is 6.92 Å². The van der Waals surface area contributed by atoms with Crippen molar-refractivity contribution in [3.05, 3.63) is 86.0 Å². The lowest BCUT2D eigenvalue weighted by molar-refractivity contribution is 0.573. The van der Waals surface area contributed by atoms with Gasteiger partial charge < -0.3 is 4.42 Å². The summed E-state index contributed by atoms with van der Waals surface area (Å²) in [5.41, 5.74) is 1.26. The molecule has 27 heavy (non-hydrogen) atoms. The Labute approximate surface area is 168 Å². The summed E-state index contributed by atoms with van der Waals surface area (Å²) in [4.78, 5) is 17.2. The molecule has 7 heteroatoms. The van der Waals surface area contributed by atoms with Crippen LogP contribution in [0.1, 0.15) is 11.6 Å². The quantitative estimate of drug-likeness (QED) is 0.406. The zero-order valence-corrected chi connectivity index (χ0v) is 16.5. The Morgan fingerprint density at radius 1 is 1.19 bits per heavy atom. The molecular formula is C20H13BrClN3O2. The van der Waals surface area contributed by atoms with Gasteiger partial charge in [-0.25, -0.2) is 4.98 Å². The van der Waals surface area contributed by atoms with Crippen LogP contribution in [-0.4, -0.2) is 15.9 Å². The van der Waals surface area contributed by atoms with Crippen LogP contribution in [-0.2, 0) is 0 Å². The summed E-state index contributed by atoms with van der Waals surface area (Å²) in [6.45, 7) is 1.74. The van der Waals surface area contributed by atoms with Crippen LogP contribution in [0.15, 0.2) is 73.4 Å². The van der Waals surface area contributed by atoms with E-state index in [-0.39, 0.29) is 5.56 Å². The monoisotopic (exact) mass is 441 g/mol. The minimum atomic E-state index is -0.239. The standard InChI is InChI=1S/C20H13BrClN3O2/c1-12-24-18-7-5-14(21)10-17(18)20(26)25(12)23-11-16-6-8-19(27-16)13-3-2-4-15(22)9-13/h2-11H,1H3. The average molecular weight is 443 g/mol. The summed E-state index contributed by atoms with van der Waals surface area (Å²) in [5.74, 6) is 1.68. The highest BCUT2D eigenvalue weighted by Gasteiger charge is 2.08. The number of fused-ring (bicyclic) bond motifs is 1. The van der Waals surface area contributed by atoms with Gasteiger partial charge in [-0.05, 0) is 49.4 Å². The minimum Gasteiger partial charge on any atom is -0.455 e. The lowest BCUT2D eigenvalue weighted by Crippen LogP contribution is -2.20. The smallest absolute Gasteiger partial charge is 0.282 e. The molecule has 0 N–H and O–H groups in total. The molecule has 0 aliphatic heterocycles. The Hall–Kier alpha value is -2.70. The zero-order chi connectivity index (χ0) is 19.0. The Bertz CT molecular complexity index is 1240. The predicted molar refractivity (Wildman–Crippen MR) is 111 cm³/mol. The fourth-order valence-corrected chi connectivity index (χ4v) is 3.28. The lowest BCUT2D eigenvalue weighted by atomic mass is 10.2. The number of aryl methyl sites for hydroxylation is 1. The SMILES string of the molecule is Cc1nc2ccc(Br)cc2c(=O)n1N=Cc1ccc(-c2cccc(Cl)c2)o1. The molecule has 134 valence electrons. The summed E-state index contributed by atoms with van der Waals surface area (Å²) in [5, 5.41) is 5.39. The lowest BCUT2D eigenvalue weighted by Gasteiger charge is -2.05. The van der Waals surface area contributed by atoms with Gasteiger partial charge in [-0.15, -0.1) is 0 Å². The van der Waals surface area contributed by atoms with Gasteiger partial charge in [0.25, 0.3) is 5.56 Å². The molecule has 2 heterocycles. The van der Waals surface area contributed by atoms with Crippen molar-refractivity contribution in [3.8, 4) is 11.3 Å². The first-order valence-corrected chi connectivity index (χ1v) is 9.27. The Kier molecular flexibility index (Phi) is 4.68. The number of halogens is 2. The second kappa shape index (κ2) is 7.13. The van der Waals surface area contributed by atoms with Gasteiger partial charge >= 0.3 is 0 Å². The third kappa shape index (κ3) is 3.59. The highest BCUT2D eigenvalue weighted by Crippen LogP contribution is 2.24. The summed E-state index contributed by atoms with van der Waals surface area (Å²) < 4.78 is 7.85. The number of nitrogens with zero attached hydrogens (tertiary/aromatic N) is 3. The van der Waals surface area contributed by atoms with Crippen LogP contribution in [0.4, 0.5) is 0 Å². The van der Waals surface area contributed by atoms with Crippen molar-refractivity contribution in [3.63, 3.8) is 0 Å². The largest absolute Gasteiger partial charge is 0.455 e. The molecule has 0 aliphatic carbocycles. The molecule has 0 fully saturated rings. The zero-order valence-electron chi connectivity index (χ0n) is 14.2. The van der Waals surface area contributed by atoms with Crippen molar-refractivity contribution >= 4 is 44.6 Å². The highest BCUT2D eigenvalue weighted by atomic mass is 79.9. The fraction of sp³-hybridized carbons (Fsp3) is 0.0500. The number of hydrogen-bond donors (Lipinski definition) is 0. The number of furan rings is 1. The molecule has 4 aromatic rings. The molecule has 4 rings (SSSR count). The van der Waals surface area contributed by atoms with Crippen molar-refractivity contribution in [2.45, 2.75) is 6.92 Å². The van der Waals surface area contributed by atoms with E-state index in [4.69, 9.17) is 16.0 Å². The maximum Gasteiger partial charge on any atom is 0.282 e. The van der Waals surface area contributed by atoms with Crippen molar-refractivity contribution in [2.24, 2.45) is 5.10 Å². The summed E-state index contributed by atoms with van der Waals surface area (Å²) >= 11 is 9.40. The molecule has 0 amide bonds. The van der Waals surface area contributed by atoms with Gasteiger partial charge in [0.2, 0.25) is 0 Å². The normalized spacial score (nSPS) is 11.5. The van der Waals surface area contributed by atoms with Crippen molar-refractivity contribution in [1.82, 2.24) is 9.66 Å². The summed E-state index contributed by atoms with van der Waals surface area (Å²) in [6, 6.07) is 16.4. The van der Waals surface area contributed by atoms with E-state index in [2.05, 4.69) is 26.0 Å². The van der Waals surface area contributed by atoms with Gasteiger partial charge in [0.1, 0.15) is 17.3 Å². The Morgan fingerprint density at radius 2 is 2.04 bits per heavy atom. The van der Waals surface area contributed by atoms with Crippen LogP contribution in [0.5, 0.6) is 0 Å². The third-order valence-corrected chi connectivity index (χ3v) is 4.73. The second-order valence-electron chi connectivity index (χ2n) is 5.89. The number of aromatic nitrogens is 2. The van der Waals surface area contributed by atoms with E-state index in [0.29, 0.717) is 33.3 Å². The van der Waals surface area contributed by atoms with E-state index in [9.17, 15) is 4.79 Å². The molecule has 0 spiro atoms. The Morgan fingerprint density at radius 3 is 2.85 bits per heavy atom. The first-order valence-electron chi connectivity index (χ1n) is 8.10.